The molecule has 33 heavy (non-hydrogen) atoms. The lowest BCUT2D eigenvalue weighted by Gasteiger charge is -2.62. The average molecular weight is 462 g/mol. The molecule has 11 atom stereocenters. The van der Waals surface area contributed by atoms with Crippen LogP contribution in [0.25, 0.3) is 0 Å². The summed E-state index contributed by atoms with van der Waals surface area (Å²) >= 11 is 0. The van der Waals surface area contributed by atoms with E-state index in [-0.39, 0.29) is 47.2 Å². The number of hydrogen-bond donors (Lipinski definition) is 3. The van der Waals surface area contributed by atoms with Crippen LogP contribution in [0.15, 0.2) is 0 Å². The van der Waals surface area contributed by atoms with Gasteiger partial charge in [-0.15, -0.1) is 0 Å². The molecule has 0 heterocycles. The predicted octanol–water partition coefficient (Wildman–Crippen LogP) is 4.34. The molecule has 0 radical (unpaired) electrons. The van der Waals surface area contributed by atoms with Gasteiger partial charge in [-0.05, 0) is 111 Å². The van der Waals surface area contributed by atoms with Crippen LogP contribution < -0.4 is 5.32 Å². The molecular formula is C28H47NO4. The van der Waals surface area contributed by atoms with Crippen molar-refractivity contribution in [2.24, 2.45) is 52.3 Å². The normalized spacial score (nSPS) is 46.5. The summed E-state index contributed by atoms with van der Waals surface area (Å²) in [5.74, 6) is 2.88. The van der Waals surface area contributed by atoms with E-state index in [1.165, 1.54) is 32.6 Å². The fourth-order valence-electron chi connectivity index (χ4n) is 9.39. The summed E-state index contributed by atoms with van der Waals surface area (Å²) in [7, 11) is 0. The van der Waals surface area contributed by atoms with Gasteiger partial charge in [0.15, 0.2) is 0 Å². The lowest BCUT2D eigenvalue weighted by molar-refractivity contribution is -0.174. The SMILES string of the molecule is CC(=O)CNC(=O)[C@@H](C)C[C@@H](C)[C@H]1CCC2C3C(O)CC4C[C@H](O)CC[C@]4(C)C3CC[C@@]21C. The van der Waals surface area contributed by atoms with E-state index in [4.69, 9.17) is 0 Å². The van der Waals surface area contributed by atoms with Gasteiger partial charge >= 0.3 is 0 Å². The van der Waals surface area contributed by atoms with Gasteiger partial charge in [-0.3, -0.25) is 9.59 Å². The molecule has 4 saturated carbocycles. The van der Waals surface area contributed by atoms with Gasteiger partial charge in [0.1, 0.15) is 5.78 Å². The second kappa shape index (κ2) is 9.26. The third-order valence-electron chi connectivity index (χ3n) is 11.1. The Morgan fingerprint density at radius 1 is 0.970 bits per heavy atom. The van der Waals surface area contributed by atoms with E-state index in [9.17, 15) is 19.8 Å². The molecule has 0 aromatic rings. The van der Waals surface area contributed by atoms with E-state index in [2.05, 4.69) is 26.1 Å². The van der Waals surface area contributed by atoms with Crippen LogP contribution >= 0.6 is 0 Å². The number of carbonyl (C=O) groups is 2. The van der Waals surface area contributed by atoms with Crippen molar-refractivity contribution in [3.63, 3.8) is 0 Å². The lowest BCUT2D eigenvalue weighted by atomic mass is 9.43. The molecule has 188 valence electrons. The van der Waals surface area contributed by atoms with Crippen LogP contribution in [0.3, 0.4) is 0 Å². The Bertz CT molecular complexity index is 754. The zero-order valence-corrected chi connectivity index (χ0v) is 21.5. The van der Waals surface area contributed by atoms with Crippen molar-refractivity contribution < 1.29 is 19.8 Å². The summed E-state index contributed by atoms with van der Waals surface area (Å²) in [4.78, 5) is 23.7. The maximum Gasteiger partial charge on any atom is 0.223 e. The highest BCUT2D eigenvalue weighted by Crippen LogP contribution is 2.68. The number of fused-ring (bicyclic) bond motifs is 5. The minimum absolute atomic E-state index is 0.0124. The van der Waals surface area contributed by atoms with Crippen molar-refractivity contribution in [1.29, 1.82) is 0 Å². The molecule has 4 aliphatic carbocycles. The molecule has 5 unspecified atom stereocenters. The van der Waals surface area contributed by atoms with Crippen LogP contribution in [0.1, 0.15) is 92.4 Å². The van der Waals surface area contributed by atoms with Crippen molar-refractivity contribution in [3.8, 4) is 0 Å². The van der Waals surface area contributed by atoms with Gasteiger partial charge < -0.3 is 15.5 Å². The van der Waals surface area contributed by atoms with E-state index in [1.54, 1.807) is 0 Å². The summed E-state index contributed by atoms with van der Waals surface area (Å²) in [6, 6.07) is 0. The predicted molar refractivity (Wildman–Crippen MR) is 129 cm³/mol. The zero-order chi connectivity index (χ0) is 24.1. The highest BCUT2D eigenvalue weighted by atomic mass is 16.3. The number of hydrogen-bond acceptors (Lipinski definition) is 4. The van der Waals surface area contributed by atoms with E-state index >= 15 is 0 Å². The van der Waals surface area contributed by atoms with Gasteiger partial charge in [0, 0.05) is 5.92 Å². The third kappa shape index (κ3) is 4.42. The molecule has 1 amide bonds. The van der Waals surface area contributed by atoms with Crippen LogP contribution in [0.2, 0.25) is 0 Å². The van der Waals surface area contributed by atoms with Crippen molar-refractivity contribution in [2.75, 3.05) is 6.54 Å². The van der Waals surface area contributed by atoms with E-state index in [0.717, 1.165) is 32.1 Å². The zero-order valence-electron chi connectivity index (χ0n) is 21.5. The van der Waals surface area contributed by atoms with Crippen molar-refractivity contribution in [1.82, 2.24) is 5.32 Å². The Balaban J connectivity index is 1.46. The fraction of sp³-hybridized carbons (Fsp3) is 0.929. The number of rotatable bonds is 6. The van der Waals surface area contributed by atoms with E-state index in [1.807, 2.05) is 6.92 Å². The number of aliphatic hydroxyl groups is 2. The Labute approximate surface area is 200 Å². The maximum atomic E-state index is 12.5. The first-order valence-corrected chi connectivity index (χ1v) is 13.6. The third-order valence-corrected chi connectivity index (χ3v) is 11.1. The maximum absolute atomic E-state index is 12.5. The Morgan fingerprint density at radius 2 is 1.64 bits per heavy atom. The van der Waals surface area contributed by atoms with Gasteiger partial charge in [0.25, 0.3) is 0 Å². The molecule has 3 N–H and O–H groups in total. The first kappa shape index (κ1) is 25.2. The van der Waals surface area contributed by atoms with Gasteiger partial charge in [-0.1, -0.05) is 27.7 Å². The molecule has 4 rings (SSSR count). The van der Waals surface area contributed by atoms with Crippen LogP contribution in [0.4, 0.5) is 0 Å². The molecule has 0 bridgehead atoms. The molecular weight excluding hydrogens is 414 g/mol. The Hall–Kier alpha value is -0.940. The Morgan fingerprint density at radius 3 is 2.33 bits per heavy atom. The molecule has 0 aromatic heterocycles. The number of Topliss-reactive ketones (excluding diaryl/α,β-unsaturated/α-hetero) is 1. The molecule has 5 heteroatoms. The van der Waals surface area contributed by atoms with Crippen LogP contribution in [0, 0.1) is 52.3 Å². The minimum Gasteiger partial charge on any atom is -0.393 e. The molecule has 0 aliphatic heterocycles. The number of carbonyl (C=O) groups excluding carboxylic acids is 2. The summed E-state index contributed by atoms with van der Waals surface area (Å²) in [5.41, 5.74) is 0.492. The van der Waals surface area contributed by atoms with Gasteiger partial charge in [0.2, 0.25) is 5.91 Å². The molecule has 5 nitrogen and oxygen atoms in total. The van der Waals surface area contributed by atoms with Crippen LogP contribution in [-0.4, -0.2) is 40.7 Å². The van der Waals surface area contributed by atoms with Gasteiger partial charge in [0.05, 0.1) is 18.8 Å². The molecule has 0 aromatic carbocycles. The first-order chi connectivity index (χ1) is 15.5. The summed E-state index contributed by atoms with van der Waals surface area (Å²) in [5, 5.41) is 24.4. The first-order valence-electron chi connectivity index (χ1n) is 13.6. The summed E-state index contributed by atoms with van der Waals surface area (Å²) < 4.78 is 0. The van der Waals surface area contributed by atoms with Crippen LogP contribution in [-0.2, 0) is 9.59 Å². The topological polar surface area (TPSA) is 86.6 Å². The van der Waals surface area contributed by atoms with Crippen molar-refractivity contribution in [2.45, 2.75) is 105 Å². The fourth-order valence-corrected chi connectivity index (χ4v) is 9.39. The van der Waals surface area contributed by atoms with Crippen LogP contribution in [0.5, 0.6) is 0 Å². The molecule has 4 fully saturated rings. The minimum atomic E-state index is -0.242. The summed E-state index contributed by atoms with van der Waals surface area (Å²) in [6.45, 7) is 10.9. The lowest BCUT2D eigenvalue weighted by Crippen LogP contribution is -2.58. The van der Waals surface area contributed by atoms with Gasteiger partial charge in [-0.25, -0.2) is 0 Å². The highest BCUT2D eigenvalue weighted by molar-refractivity contribution is 5.85. The average Bonchev–Trinajstić information content (AvgIpc) is 3.10. The van der Waals surface area contributed by atoms with Crippen molar-refractivity contribution >= 4 is 11.7 Å². The number of nitrogens with one attached hydrogen (secondary N) is 1. The van der Waals surface area contributed by atoms with Crippen molar-refractivity contribution in [3.05, 3.63) is 0 Å². The number of ketones is 1. The highest BCUT2D eigenvalue weighted by Gasteiger charge is 2.62. The quantitative estimate of drug-likeness (QED) is 0.549. The smallest absolute Gasteiger partial charge is 0.223 e. The summed E-state index contributed by atoms with van der Waals surface area (Å²) in [6.07, 6.45) is 8.95. The van der Waals surface area contributed by atoms with Gasteiger partial charge in [-0.2, -0.15) is 0 Å². The van der Waals surface area contributed by atoms with E-state index in [0.29, 0.717) is 35.5 Å². The molecule has 4 aliphatic rings. The largest absolute Gasteiger partial charge is 0.393 e. The standard InChI is InChI=1S/C28H47NO4/c1-16(12-17(2)26(33)29-15-18(3)30)21-6-7-22-25-23(9-11-28(21,22)5)27(4)10-8-20(31)13-19(27)14-24(25)32/h16-17,19-25,31-32H,6-15H2,1-5H3,(H,29,33)/t16-,17+,19?,20-,21-,22?,23?,24?,25?,27+,28-/m1/s1. The number of amides is 1. The monoisotopic (exact) mass is 461 g/mol. The van der Waals surface area contributed by atoms with E-state index < -0.39 is 0 Å². The second-order valence-electron chi connectivity index (χ2n) is 13.0. The molecule has 0 spiro atoms. The second-order valence-corrected chi connectivity index (χ2v) is 13.0. The number of aliphatic hydroxyl groups excluding tert-OH is 2. The Kier molecular flexibility index (Phi) is 7.06. The molecule has 0 saturated heterocycles.